The van der Waals surface area contributed by atoms with Gasteiger partial charge in [0.1, 0.15) is 10.6 Å². The first kappa shape index (κ1) is 15.7. The number of ether oxygens (including phenoxy) is 1. The van der Waals surface area contributed by atoms with Crippen molar-refractivity contribution in [3.63, 3.8) is 0 Å². The lowest BCUT2D eigenvalue weighted by molar-refractivity contribution is 0.280. The van der Waals surface area contributed by atoms with E-state index in [0.29, 0.717) is 5.56 Å². The van der Waals surface area contributed by atoms with E-state index in [0.717, 1.165) is 5.57 Å². The van der Waals surface area contributed by atoms with Crippen molar-refractivity contribution < 1.29 is 18.3 Å². The van der Waals surface area contributed by atoms with Crippen LogP contribution in [-0.2, 0) is 16.6 Å². The van der Waals surface area contributed by atoms with Gasteiger partial charge in [-0.15, -0.1) is 0 Å². The molecule has 0 radical (unpaired) electrons. The van der Waals surface area contributed by atoms with Crippen molar-refractivity contribution in [2.45, 2.75) is 18.4 Å². The van der Waals surface area contributed by atoms with Crippen LogP contribution >= 0.6 is 0 Å². The number of aliphatic hydroxyl groups is 1. The predicted molar refractivity (Wildman–Crippen MR) is 73.5 cm³/mol. The van der Waals surface area contributed by atoms with Crippen LogP contribution in [0.15, 0.2) is 35.2 Å². The third kappa shape index (κ3) is 3.56. The van der Waals surface area contributed by atoms with E-state index in [4.69, 9.17) is 9.84 Å². The summed E-state index contributed by atoms with van der Waals surface area (Å²) < 4.78 is 31.1. The maximum absolute atomic E-state index is 12.4. The summed E-state index contributed by atoms with van der Waals surface area (Å²) in [5.41, 5.74) is 1.34. The summed E-state index contributed by atoms with van der Waals surface area (Å²) in [6.07, 6.45) is 0. The van der Waals surface area contributed by atoms with Gasteiger partial charge in [-0.05, 0) is 24.6 Å². The Kier molecular flexibility index (Phi) is 5.11. The zero-order valence-electron chi connectivity index (χ0n) is 11.4. The minimum atomic E-state index is -3.64. The van der Waals surface area contributed by atoms with Gasteiger partial charge in [0.2, 0.25) is 10.0 Å². The summed E-state index contributed by atoms with van der Waals surface area (Å²) >= 11 is 0. The molecule has 0 atom stereocenters. The summed E-state index contributed by atoms with van der Waals surface area (Å²) in [5.74, 6) is 0.222. The lowest BCUT2D eigenvalue weighted by atomic mass is 10.2. The molecule has 0 unspecified atom stereocenters. The highest BCUT2D eigenvalue weighted by atomic mass is 32.2. The molecule has 1 aromatic rings. The minimum absolute atomic E-state index is 0.0796. The van der Waals surface area contributed by atoms with Gasteiger partial charge in [-0.2, -0.15) is 4.31 Å². The van der Waals surface area contributed by atoms with Crippen LogP contribution in [0.5, 0.6) is 5.75 Å². The zero-order valence-corrected chi connectivity index (χ0v) is 12.2. The van der Waals surface area contributed by atoms with Crippen molar-refractivity contribution in [1.82, 2.24) is 4.31 Å². The first-order valence-corrected chi connectivity index (χ1v) is 7.15. The van der Waals surface area contributed by atoms with Crippen molar-refractivity contribution in [2.24, 2.45) is 0 Å². The zero-order chi connectivity index (χ0) is 14.6. The molecule has 0 aromatic heterocycles. The van der Waals surface area contributed by atoms with E-state index in [1.165, 1.54) is 30.6 Å². The highest BCUT2D eigenvalue weighted by molar-refractivity contribution is 7.89. The molecule has 1 aromatic carbocycles. The molecule has 0 heterocycles. The second kappa shape index (κ2) is 6.18. The van der Waals surface area contributed by atoms with Crippen LogP contribution in [0.4, 0.5) is 0 Å². The standard InChI is InChI=1S/C13H19NO4S/c1-10(2)8-14(3)19(16,17)13-6-5-11(9-15)7-12(13)18-4/h5-7,15H,1,8-9H2,2-4H3. The minimum Gasteiger partial charge on any atom is -0.495 e. The number of likely N-dealkylation sites (N-methyl/N-ethyl adjacent to an activating group) is 1. The number of rotatable bonds is 6. The molecule has 0 saturated heterocycles. The lowest BCUT2D eigenvalue weighted by Gasteiger charge is -2.19. The molecular formula is C13H19NO4S. The van der Waals surface area contributed by atoms with Crippen molar-refractivity contribution in [3.05, 3.63) is 35.9 Å². The van der Waals surface area contributed by atoms with Crippen molar-refractivity contribution >= 4 is 10.0 Å². The van der Waals surface area contributed by atoms with Crippen molar-refractivity contribution in [3.8, 4) is 5.75 Å². The van der Waals surface area contributed by atoms with Crippen LogP contribution in [0.25, 0.3) is 0 Å². The molecule has 0 spiro atoms. The van der Waals surface area contributed by atoms with Crippen LogP contribution in [0.1, 0.15) is 12.5 Å². The second-order valence-electron chi connectivity index (χ2n) is 4.36. The number of hydrogen-bond donors (Lipinski definition) is 1. The van der Waals surface area contributed by atoms with Crippen LogP contribution < -0.4 is 4.74 Å². The number of benzene rings is 1. The number of sulfonamides is 1. The Bertz CT molecular complexity index is 566. The third-order valence-corrected chi connectivity index (χ3v) is 4.43. The van der Waals surface area contributed by atoms with Gasteiger partial charge < -0.3 is 9.84 Å². The summed E-state index contributed by atoms with van der Waals surface area (Å²) in [6, 6.07) is 4.51. The highest BCUT2D eigenvalue weighted by Crippen LogP contribution is 2.27. The molecule has 6 heteroatoms. The molecule has 0 aliphatic heterocycles. The highest BCUT2D eigenvalue weighted by Gasteiger charge is 2.24. The predicted octanol–water partition coefficient (Wildman–Crippen LogP) is 1.38. The molecule has 1 N–H and O–H groups in total. The van der Waals surface area contributed by atoms with E-state index < -0.39 is 10.0 Å². The third-order valence-electron chi connectivity index (χ3n) is 2.59. The SMILES string of the molecule is C=C(C)CN(C)S(=O)(=O)c1ccc(CO)cc1OC. The maximum Gasteiger partial charge on any atom is 0.246 e. The second-order valence-corrected chi connectivity index (χ2v) is 6.37. The fraction of sp³-hybridized carbons (Fsp3) is 0.385. The van der Waals surface area contributed by atoms with E-state index in [2.05, 4.69) is 6.58 Å². The molecule has 5 nitrogen and oxygen atoms in total. The fourth-order valence-corrected chi connectivity index (χ4v) is 3.02. The fourth-order valence-electron chi connectivity index (χ4n) is 1.66. The summed E-state index contributed by atoms with van der Waals surface area (Å²) in [6.45, 7) is 5.54. The molecular weight excluding hydrogens is 266 g/mol. The largest absolute Gasteiger partial charge is 0.495 e. The van der Waals surface area contributed by atoms with Gasteiger partial charge in [-0.1, -0.05) is 18.2 Å². The Morgan fingerprint density at radius 2 is 2.11 bits per heavy atom. The Hall–Kier alpha value is -1.37. The van der Waals surface area contributed by atoms with E-state index >= 15 is 0 Å². The number of methoxy groups -OCH3 is 1. The van der Waals surface area contributed by atoms with Gasteiger partial charge >= 0.3 is 0 Å². The Morgan fingerprint density at radius 3 is 2.58 bits per heavy atom. The normalized spacial score (nSPS) is 11.6. The van der Waals surface area contributed by atoms with Gasteiger partial charge in [0.05, 0.1) is 13.7 Å². The smallest absolute Gasteiger partial charge is 0.246 e. The molecule has 1 rings (SSSR count). The van der Waals surface area contributed by atoms with Gasteiger partial charge in [0.25, 0.3) is 0 Å². The monoisotopic (exact) mass is 285 g/mol. The van der Waals surface area contributed by atoms with Crippen LogP contribution in [-0.4, -0.2) is 38.5 Å². The quantitative estimate of drug-likeness (QED) is 0.802. The Labute approximate surface area is 114 Å². The molecule has 0 amide bonds. The Morgan fingerprint density at radius 1 is 1.47 bits per heavy atom. The topological polar surface area (TPSA) is 66.8 Å². The molecule has 0 aliphatic carbocycles. The van der Waals surface area contributed by atoms with Gasteiger partial charge in [0.15, 0.2) is 0 Å². The van der Waals surface area contributed by atoms with E-state index in [-0.39, 0.29) is 23.8 Å². The van der Waals surface area contributed by atoms with Gasteiger partial charge in [-0.3, -0.25) is 0 Å². The van der Waals surface area contributed by atoms with E-state index in [1.54, 1.807) is 13.0 Å². The number of nitrogens with zero attached hydrogens (tertiary/aromatic N) is 1. The average Bonchev–Trinajstić information content (AvgIpc) is 2.36. The average molecular weight is 285 g/mol. The summed E-state index contributed by atoms with van der Waals surface area (Å²) in [5, 5.41) is 9.05. The number of hydrogen-bond acceptors (Lipinski definition) is 4. The Balaban J connectivity index is 3.24. The molecule has 0 saturated carbocycles. The van der Waals surface area contributed by atoms with Gasteiger partial charge in [-0.25, -0.2) is 8.42 Å². The molecule has 0 aliphatic rings. The maximum atomic E-state index is 12.4. The molecule has 0 bridgehead atoms. The van der Waals surface area contributed by atoms with Crippen molar-refractivity contribution in [1.29, 1.82) is 0 Å². The van der Waals surface area contributed by atoms with E-state index in [1.807, 2.05) is 0 Å². The van der Waals surface area contributed by atoms with Crippen molar-refractivity contribution in [2.75, 3.05) is 20.7 Å². The van der Waals surface area contributed by atoms with E-state index in [9.17, 15) is 8.42 Å². The van der Waals surface area contributed by atoms with Crippen LogP contribution in [0.3, 0.4) is 0 Å². The van der Waals surface area contributed by atoms with Crippen LogP contribution in [0, 0.1) is 0 Å². The number of aliphatic hydroxyl groups excluding tert-OH is 1. The molecule has 0 fully saturated rings. The lowest BCUT2D eigenvalue weighted by Crippen LogP contribution is -2.28. The first-order chi connectivity index (χ1) is 8.82. The van der Waals surface area contributed by atoms with Gasteiger partial charge in [0, 0.05) is 13.6 Å². The summed E-state index contributed by atoms with van der Waals surface area (Å²) in [4.78, 5) is 0.0796. The first-order valence-electron chi connectivity index (χ1n) is 5.71. The molecule has 106 valence electrons. The summed E-state index contributed by atoms with van der Waals surface area (Å²) in [7, 11) is -0.749. The molecule has 19 heavy (non-hydrogen) atoms. The van der Waals surface area contributed by atoms with Crippen LogP contribution in [0.2, 0.25) is 0 Å².